The van der Waals surface area contributed by atoms with E-state index in [0.29, 0.717) is 29.8 Å². The third kappa shape index (κ3) is 6.86. The van der Waals surface area contributed by atoms with E-state index in [9.17, 15) is 19.5 Å². The number of aromatic nitrogens is 2. The molecule has 2 aliphatic heterocycles. The predicted octanol–water partition coefficient (Wildman–Crippen LogP) is 6.17. The van der Waals surface area contributed by atoms with Gasteiger partial charge in [0.15, 0.2) is 29.2 Å². The first-order chi connectivity index (χ1) is 24.9. The number of nitrogens with one attached hydrogen (secondary N) is 1. The average molecular weight is 701 g/mol. The molecule has 0 saturated carbocycles. The number of rotatable bonds is 8. The SMILES string of the molecule is Cc1ccc(C2COc3cc4c(cc3O2)CN(C(=O)c2nc(C)oc2C)C(C(=O)NC(Cc2ccc(-c3ccnc(C)c3C)cc2)C(=O)O)C4)cc1. The van der Waals surface area contributed by atoms with Gasteiger partial charge < -0.3 is 29.2 Å². The van der Waals surface area contributed by atoms with Crippen LogP contribution in [-0.2, 0) is 29.0 Å². The van der Waals surface area contributed by atoms with Gasteiger partial charge in [0.05, 0.1) is 0 Å². The van der Waals surface area contributed by atoms with Gasteiger partial charge in [-0.2, -0.15) is 0 Å². The molecule has 2 aliphatic rings. The van der Waals surface area contributed by atoms with Crippen LogP contribution >= 0.6 is 0 Å². The van der Waals surface area contributed by atoms with Crippen molar-refractivity contribution in [3.63, 3.8) is 0 Å². The number of benzene rings is 3. The van der Waals surface area contributed by atoms with Gasteiger partial charge in [0.2, 0.25) is 5.91 Å². The second kappa shape index (κ2) is 14.0. The third-order valence-electron chi connectivity index (χ3n) is 9.95. The monoisotopic (exact) mass is 700 g/mol. The van der Waals surface area contributed by atoms with Crippen LogP contribution in [0, 0.1) is 34.6 Å². The molecule has 0 spiro atoms. The van der Waals surface area contributed by atoms with E-state index in [1.54, 1.807) is 20.0 Å². The molecule has 0 aliphatic carbocycles. The van der Waals surface area contributed by atoms with E-state index in [2.05, 4.69) is 15.3 Å². The topological polar surface area (TPSA) is 144 Å². The Morgan fingerprint density at radius 1 is 0.942 bits per heavy atom. The van der Waals surface area contributed by atoms with Crippen LogP contribution < -0.4 is 14.8 Å². The molecule has 266 valence electrons. The van der Waals surface area contributed by atoms with Gasteiger partial charge in [-0.25, -0.2) is 9.78 Å². The zero-order valence-corrected chi connectivity index (χ0v) is 29.7. The number of aliphatic carboxylic acids is 1. The molecular formula is C41H40N4O7. The van der Waals surface area contributed by atoms with E-state index in [4.69, 9.17) is 13.9 Å². The van der Waals surface area contributed by atoms with E-state index < -0.39 is 29.9 Å². The minimum atomic E-state index is -1.24. The number of carboxylic acid groups (broad SMARTS) is 1. The lowest BCUT2D eigenvalue weighted by atomic mass is 9.91. The summed E-state index contributed by atoms with van der Waals surface area (Å²) >= 11 is 0. The van der Waals surface area contributed by atoms with Gasteiger partial charge in [-0.3, -0.25) is 14.6 Å². The molecule has 7 rings (SSSR count). The first-order valence-corrected chi connectivity index (χ1v) is 17.3. The number of hydrogen-bond donors (Lipinski definition) is 2. The van der Waals surface area contributed by atoms with Crippen molar-refractivity contribution < 1.29 is 33.4 Å². The highest BCUT2D eigenvalue weighted by molar-refractivity contribution is 5.98. The maximum atomic E-state index is 14.1. The van der Waals surface area contributed by atoms with E-state index >= 15 is 0 Å². The van der Waals surface area contributed by atoms with Crippen LogP contribution in [0.3, 0.4) is 0 Å². The number of nitrogens with zero attached hydrogens (tertiary/aromatic N) is 3. The van der Waals surface area contributed by atoms with Crippen LogP contribution in [0.2, 0.25) is 0 Å². The van der Waals surface area contributed by atoms with Crippen molar-refractivity contribution in [1.29, 1.82) is 0 Å². The Morgan fingerprint density at radius 2 is 1.67 bits per heavy atom. The number of carboxylic acids is 1. The molecule has 3 unspecified atom stereocenters. The summed E-state index contributed by atoms with van der Waals surface area (Å²) in [5, 5.41) is 13.0. The van der Waals surface area contributed by atoms with Crippen molar-refractivity contribution in [2.45, 2.75) is 72.2 Å². The van der Waals surface area contributed by atoms with Gasteiger partial charge in [0.1, 0.15) is 24.5 Å². The maximum absolute atomic E-state index is 14.1. The highest BCUT2D eigenvalue weighted by Gasteiger charge is 2.39. The van der Waals surface area contributed by atoms with E-state index in [1.807, 2.05) is 87.5 Å². The normalized spacial score (nSPS) is 16.9. The Hall–Kier alpha value is -5.97. The van der Waals surface area contributed by atoms with E-state index in [0.717, 1.165) is 50.2 Å². The van der Waals surface area contributed by atoms with Crippen LogP contribution in [0.5, 0.6) is 11.5 Å². The summed E-state index contributed by atoms with van der Waals surface area (Å²) in [7, 11) is 0. The Bertz CT molecular complexity index is 2170. The molecule has 52 heavy (non-hydrogen) atoms. The van der Waals surface area contributed by atoms with Crippen molar-refractivity contribution >= 4 is 17.8 Å². The zero-order valence-electron chi connectivity index (χ0n) is 29.7. The number of oxazole rings is 1. The van der Waals surface area contributed by atoms with Crippen molar-refractivity contribution in [3.05, 3.63) is 129 Å². The third-order valence-corrected chi connectivity index (χ3v) is 9.95. The number of aryl methyl sites for hydroxylation is 4. The lowest BCUT2D eigenvalue weighted by Crippen LogP contribution is -2.56. The van der Waals surface area contributed by atoms with Crippen LogP contribution in [-0.4, -0.2) is 56.4 Å². The van der Waals surface area contributed by atoms with Crippen molar-refractivity contribution in [3.8, 4) is 22.6 Å². The molecule has 3 aromatic carbocycles. The minimum Gasteiger partial charge on any atom is -0.485 e. The van der Waals surface area contributed by atoms with Gasteiger partial charge in [0, 0.05) is 38.2 Å². The van der Waals surface area contributed by atoms with Crippen molar-refractivity contribution in [1.82, 2.24) is 20.2 Å². The number of fused-ring (bicyclic) bond motifs is 2. The molecule has 2 aromatic heterocycles. The maximum Gasteiger partial charge on any atom is 0.326 e. The standard InChI is InChI=1S/C41H40N4O7/c1-22-6-10-29(11-7-22)37-21-50-35-18-30-17-34(45(20-31(30)19-36(35)52-37)40(47)38-25(4)51-26(5)43-38)39(46)44-33(41(48)49)16-27-8-12-28(13-9-27)32-14-15-42-24(3)23(32)2/h6-15,18-19,33-34,37H,16-17,20-21H2,1-5H3,(H,44,46)(H,48,49). The average Bonchev–Trinajstić information content (AvgIpc) is 3.48. The number of pyridine rings is 1. The Labute approximate surface area is 301 Å². The lowest BCUT2D eigenvalue weighted by Gasteiger charge is -2.37. The Balaban J connectivity index is 1.14. The zero-order chi connectivity index (χ0) is 36.7. The second-order valence-corrected chi connectivity index (χ2v) is 13.6. The Kier molecular flexibility index (Phi) is 9.27. The highest BCUT2D eigenvalue weighted by Crippen LogP contribution is 2.41. The number of carbonyl (C=O) groups excluding carboxylic acids is 2. The Morgan fingerprint density at radius 3 is 2.37 bits per heavy atom. The van der Waals surface area contributed by atoms with Crippen LogP contribution in [0.15, 0.2) is 77.3 Å². The summed E-state index contributed by atoms with van der Waals surface area (Å²) in [6, 6.07) is 19.1. The fourth-order valence-electron chi connectivity index (χ4n) is 6.88. The van der Waals surface area contributed by atoms with Crippen molar-refractivity contribution in [2.24, 2.45) is 0 Å². The number of amides is 2. The summed E-state index contributed by atoms with van der Waals surface area (Å²) in [6.07, 6.45) is 1.64. The minimum absolute atomic E-state index is 0.0510. The van der Waals surface area contributed by atoms with E-state index in [1.165, 1.54) is 4.90 Å². The summed E-state index contributed by atoms with van der Waals surface area (Å²) in [6.45, 7) is 9.68. The smallest absolute Gasteiger partial charge is 0.326 e. The van der Waals surface area contributed by atoms with E-state index in [-0.39, 0.29) is 31.2 Å². The van der Waals surface area contributed by atoms with Gasteiger partial charge >= 0.3 is 5.97 Å². The molecule has 2 N–H and O–H groups in total. The number of carbonyl (C=O) groups is 3. The molecule has 3 atom stereocenters. The molecule has 11 nitrogen and oxygen atoms in total. The molecule has 2 amide bonds. The summed E-state index contributed by atoms with van der Waals surface area (Å²) < 4.78 is 18.1. The van der Waals surface area contributed by atoms with Crippen molar-refractivity contribution in [2.75, 3.05) is 6.61 Å². The first kappa shape index (κ1) is 34.5. The van der Waals surface area contributed by atoms with Crippen LogP contribution in [0.1, 0.15) is 67.3 Å². The molecule has 0 radical (unpaired) electrons. The predicted molar refractivity (Wildman–Crippen MR) is 192 cm³/mol. The van der Waals surface area contributed by atoms with Gasteiger partial charge in [-0.15, -0.1) is 0 Å². The largest absolute Gasteiger partial charge is 0.485 e. The molecular weight excluding hydrogens is 660 g/mol. The number of hydrogen-bond acceptors (Lipinski definition) is 8. The molecule has 11 heteroatoms. The summed E-state index contributed by atoms with van der Waals surface area (Å²) in [5.41, 5.74) is 8.61. The number of ether oxygens (including phenoxy) is 2. The van der Waals surface area contributed by atoms with Gasteiger partial charge in [0.25, 0.3) is 5.91 Å². The molecule has 0 fully saturated rings. The molecule has 5 aromatic rings. The fourth-order valence-corrected chi connectivity index (χ4v) is 6.88. The van der Waals surface area contributed by atoms with Gasteiger partial charge in [-0.1, -0.05) is 54.1 Å². The van der Waals surface area contributed by atoms with Gasteiger partial charge in [-0.05, 0) is 84.8 Å². The summed E-state index contributed by atoms with van der Waals surface area (Å²) in [4.78, 5) is 50.8. The summed E-state index contributed by atoms with van der Waals surface area (Å²) in [5.74, 6) is -0.502. The lowest BCUT2D eigenvalue weighted by molar-refractivity contribution is -0.142. The molecule has 0 saturated heterocycles. The molecule has 4 heterocycles. The first-order valence-electron chi connectivity index (χ1n) is 17.3. The highest BCUT2D eigenvalue weighted by atomic mass is 16.6. The van der Waals surface area contributed by atoms with Crippen LogP contribution in [0.25, 0.3) is 11.1 Å². The molecule has 0 bridgehead atoms. The van der Waals surface area contributed by atoms with Crippen LogP contribution in [0.4, 0.5) is 0 Å². The quantitative estimate of drug-likeness (QED) is 0.194. The second-order valence-electron chi connectivity index (χ2n) is 13.6. The fraction of sp³-hybridized carbons (Fsp3) is 0.293.